The van der Waals surface area contributed by atoms with E-state index in [0.29, 0.717) is 0 Å². The van der Waals surface area contributed by atoms with Gasteiger partial charge in [0.25, 0.3) is 0 Å². The zero-order chi connectivity index (χ0) is 19.8. The number of aromatic carboxylic acids is 1. The van der Waals surface area contributed by atoms with Crippen LogP contribution < -0.4 is 0 Å². The van der Waals surface area contributed by atoms with Crippen molar-refractivity contribution in [2.24, 2.45) is 0 Å². The fourth-order valence-electron chi connectivity index (χ4n) is 3.52. The first-order valence-corrected chi connectivity index (χ1v) is 10.2. The third-order valence-corrected chi connectivity index (χ3v) is 5.10. The SMILES string of the molecule is CCCCCCc1ccc(-n2cccc2CCCc2ccc(C(=O)O)o2)cc1. The molecule has 0 spiro atoms. The predicted octanol–water partition coefficient (Wildman–Crippen LogP) is 6.07. The summed E-state index contributed by atoms with van der Waals surface area (Å²) in [5.41, 5.74) is 3.84. The van der Waals surface area contributed by atoms with E-state index in [1.54, 1.807) is 6.07 Å². The van der Waals surface area contributed by atoms with Gasteiger partial charge >= 0.3 is 5.97 Å². The highest BCUT2D eigenvalue weighted by atomic mass is 16.4. The molecule has 3 aromatic rings. The molecule has 0 unspecified atom stereocenters. The Kier molecular flexibility index (Phi) is 7.12. The number of rotatable bonds is 11. The molecule has 4 heteroatoms. The molecule has 1 N–H and O–H groups in total. The van der Waals surface area contributed by atoms with E-state index >= 15 is 0 Å². The third-order valence-electron chi connectivity index (χ3n) is 5.10. The second-order valence-corrected chi connectivity index (χ2v) is 7.27. The minimum Gasteiger partial charge on any atom is -0.475 e. The van der Waals surface area contributed by atoms with Crippen LogP contribution in [0.3, 0.4) is 0 Å². The summed E-state index contributed by atoms with van der Waals surface area (Å²) in [6.07, 6.45) is 11.0. The number of nitrogens with zero attached hydrogens (tertiary/aromatic N) is 1. The van der Waals surface area contributed by atoms with Gasteiger partial charge < -0.3 is 14.1 Å². The van der Waals surface area contributed by atoms with Gasteiger partial charge in [0.2, 0.25) is 5.76 Å². The van der Waals surface area contributed by atoms with E-state index in [0.717, 1.165) is 31.4 Å². The van der Waals surface area contributed by atoms with E-state index in [4.69, 9.17) is 9.52 Å². The zero-order valence-electron chi connectivity index (χ0n) is 16.6. The Labute approximate surface area is 166 Å². The van der Waals surface area contributed by atoms with Gasteiger partial charge in [0.1, 0.15) is 5.76 Å². The molecule has 3 rings (SSSR count). The molecule has 148 valence electrons. The maximum absolute atomic E-state index is 10.9. The van der Waals surface area contributed by atoms with Gasteiger partial charge in [0.05, 0.1) is 0 Å². The summed E-state index contributed by atoms with van der Waals surface area (Å²) in [5.74, 6) is -0.287. The van der Waals surface area contributed by atoms with Crippen LogP contribution in [0.15, 0.2) is 59.1 Å². The van der Waals surface area contributed by atoms with Crippen LogP contribution >= 0.6 is 0 Å². The average molecular weight is 380 g/mol. The van der Waals surface area contributed by atoms with Gasteiger partial charge in [0.15, 0.2) is 0 Å². The van der Waals surface area contributed by atoms with Crippen molar-refractivity contribution in [3.63, 3.8) is 0 Å². The van der Waals surface area contributed by atoms with Gasteiger partial charge in [-0.3, -0.25) is 0 Å². The van der Waals surface area contributed by atoms with Crippen molar-refractivity contribution in [2.75, 3.05) is 0 Å². The lowest BCUT2D eigenvalue weighted by Gasteiger charge is -2.10. The summed E-state index contributed by atoms with van der Waals surface area (Å²) < 4.78 is 7.56. The topological polar surface area (TPSA) is 55.4 Å². The van der Waals surface area contributed by atoms with Crippen LogP contribution in [-0.4, -0.2) is 15.6 Å². The summed E-state index contributed by atoms with van der Waals surface area (Å²) in [6.45, 7) is 2.24. The molecule has 28 heavy (non-hydrogen) atoms. The molecule has 0 aliphatic rings. The molecule has 2 heterocycles. The van der Waals surface area contributed by atoms with Gasteiger partial charge in [0, 0.05) is 24.0 Å². The molecule has 1 aromatic carbocycles. The number of carbonyl (C=O) groups is 1. The zero-order valence-corrected chi connectivity index (χ0v) is 16.6. The smallest absolute Gasteiger partial charge is 0.371 e. The average Bonchev–Trinajstić information content (AvgIpc) is 3.36. The number of carboxylic acid groups (broad SMARTS) is 1. The normalized spacial score (nSPS) is 11.0. The van der Waals surface area contributed by atoms with Gasteiger partial charge in [-0.1, -0.05) is 38.3 Å². The maximum Gasteiger partial charge on any atom is 0.371 e. The monoisotopic (exact) mass is 379 g/mol. The highest BCUT2D eigenvalue weighted by Crippen LogP contribution is 2.18. The first-order valence-electron chi connectivity index (χ1n) is 10.2. The van der Waals surface area contributed by atoms with E-state index in [9.17, 15) is 4.79 Å². The number of carboxylic acids is 1. The Bertz CT molecular complexity index is 873. The number of aryl methyl sites for hydroxylation is 3. The third kappa shape index (κ3) is 5.38. The Morgan fingerprint density at radius 3 is 2.46 bits per heavy atom. The fourth-order valence-corrected chi connectivity index (χ4v) is 3.52. The molecule has 0 saturated heterocycles. The molecule has 0 saturated carbocycles. The predicted molar refractivity (Wildman–Crippen MR) is 111 cm³/mol. The summed E-state index contributed by atoms with van der Waals surface area (Å²) in [4.78, 5) is 10.9. The van der Waals surface area contributed by atoms with Crippen molar-refractivity contribution in [3.8, 4) is 5.69 Å². The number of unbranched alkanes of at least 4 members (excludes halogenated alkanes) is 3. The van der Waals surface area contributed by atoms with Gasteiger partial charge in [-0.25, -0.2) is 4.79 Å². The number of benzene rings is 1. The first-order chi connectivity index (χ1) is 13.7. The first kappa shape index (κ1) is 20.0. The van der Waals surface area contributed by atoms with Crippen LogP contribution in [0.5, 0.6) is 0 Å². The molecule has 0 radical (unpaired) electrons. The highest BCUT2D eigenvalue weighted by molar-refractivity contribution is 5.84. The number of aromatic nitrogens is 1. The largest absolute Gasteiger partial charge is 0.475 e. The summed E-state index contributed by atoms with van der Waals surface area (Å²) in [6, 6.07) is 16.4. The molecule has 0 amide bonds. The molecular formula is C24H29NO3. The minimum absolute atomic E-state index is 0.00755. The van der Waals surface area contributed by atoms with Crippen LogP contribution in [0, 0.1) is 0 Å². The number of furan rings is 1. The lowest BCUT2D eigenvalue weighted by Crippen LogP contribution is -2.00. The summed E-state index contributed by atoms with van der Waals surface area (Å²) in [7, 11) is 0. The fraction of sp³-hybridized carbons (Fsp3) is 0.375. The molecule has 0 bridgehead atoms. The van der Waals surface area contributed by atoms with Crippen LogP contribution in [0.1, 0.15) is 66.6 Å². The second kappa shape index (κ2) is 9.98. The van der Waals surface area contributed by atoms with Gasteiger partial charge in [-0.15, -0.1) is 0 Å². The van der Waals surface area contributed by atoms with Crippen LogP contribution in [0.4, 0.5) is 0 Å². The Morgan fingerprint density at radius 1 is 0.929 bits per heavy atom. The summed E-state index contributed by atoms with van der Waals surface area (Å²) in [5, 5.41) is 8.93. The van der Waals surface area contributed by atoms with Crippen LogP contribution in [-0.2, 0) is 19.3 Å². The Hall–Kier alpha value is -2.75. The lowest BCUT2D eigenvalue weighted by atomic mass is 10.1. The molecular weight excluding hydrogens is 350 g/mol. The minimum atomic E-state index is -1.02. The van der Waals surface area contributed by atoms with E-state index in [2.05, 4.69) is 54.1 Å². The van der Waals surface area contributed by atoms with E-state index < -0.39 is 5.97 Å². The second-order valence-electron chi connectivity index (χ2n) is 7.27. The Balaban J connectivity index is 1.54. The van der Waals surface area contributed by atoms with E-state index in [-0.39, 0.29) is 5.76 Å². The molecule has 0 fully saturated rings. The number of hydrogen-bond acceptors (Lipinski definition) is 2. The van der Waals surface area contributed by atoms with Gasteiger partial charge in [-0.05, 0) is 67.6 Å². The molecule has 4 nitrogen and oxygen atoms in total. The maximum atomic E-state index is 10.9. The highest BCUT2D eigenvalue weighted by Gasteiger charge is 2.09. The van der Waals surface area contributed by atoms with Crippen LogP contribution in [0.2, 0.25) is 0 Å². The molecule has 0 aliphatic carbocycles. The van der Waals surface area contributed by atoms with E-state index in [1.165, 1.54) is 48.7 Å². The van der Waals surface area contributed by atoms with E-state index in [1.807, 2.05) is 0 Å². The van der Waals surface area contributed by atoms with Crippen molar-refractivity contribution in [1.82, 2.24) is 4.57 Å². The summed E-state index contributed by atoms with van der Waals surface area (Å²) >= 11 is 0. The molecule has 0 atom stereocenters. The van der Waals surface area contributed by atoms with Crippen molar-refractivity contribution >= 4 is 5.97 Å². The lowest BCUT2D eigenvalue weighted by molar-refractivity contribution is 0.0660. The van der Waals surface area contributed by atoms with Crippen molar-refractivity contribution < 1.29 is 14.3 Å². The molecule has 2 aromatic heterocycles. The van der Waals surface area contributed by atoms with Crippen LogP contribution in [0.25, 0.3) is 5.69 Å². The Morgan fingerprint density at radius 2 is 1.75 bits per heavy atom. The van der Waals surface area contributed by atoms with Crippen molar-refractivity contribution in [2.45, 2.75) is 58.3 Å². The van der Waals surface area contributed by atoms with Gasteiger partial charge in [-0.2, -0.15) is 0 Å². The molecule has 0 aliphatic heterocycles. The number of hydrogen-bond donors (Lipinski definition) is 1. The quantitative estimate of drug-likeness (QED) is 0.412. The standard InChI is InChI=1S/C24H29NO3/c1-2-3-4-5-8-19-12-14-21(15-13-19)25-18-7-10-20(25)9-6-11-22-16-17-23(28-22)24(26)27/h7,10,12-18H,2-6,8-9,11H2,1H3,(H,26,27). The van der Waals surface area contributed by atoms with Crippen molar-refractivity contribution in [1.29, 1.82) is 0 Å². The van der Waals surface area contributed by atoms with Crippen molar-refractivity contribution in [3.05, 3.63) is 77.5 Å².